The maximum atomic E-state index is 11.4. The van der Waals surface area contributed by atoms with Crippen LogP contribution >= 0.6 is 0 Å². The quantitative estimate of drug-likeness (QED) is 0.535. The molecule has 20 heavy (non-hydrogen) atoms. The zero-order valence-corrected chi connectivity index (χ0v) is 10.5. The Hall–Kier alpha value is -3.03. The van der Waals surface area contributed by atoms with Crippen LogP contribution in [0.15, 0.2) is 30.9 Å². The maximum Gasteiger partial charge on any atom is 0.377 e. The highest BCUT2D eigenvalue weighted by molar-refractivity contribution is 5.88. The smallest absolute Gasteiger partial charge is 0.377 e. The molecule has 3 rings (SSSR count). The third-order valence-corrected chi connectivity index (χ3v) is 2.72. The van der Waals surface area contributed by atoms with E-state index in [9.17, 15) is 4.79 Å². The minimum absolute atomic E-state index is 0.0327. The molecule has 1 aromatic carbocycles. The highest BCUT2D eigenvalue weighted by atomic mass is 16.5. The Balaban J connectivity index is 2.14. The van der Waals surface area contributed by atoms with E-state index in [1.54, 1.807) is 18.2 Å². The van der Waals surface area contributed by atoms with Gasteiger partial charge in [-0.15, -0.1) is 5.10 Å². The number of esters is 1. The van der Waals surface area contributed by atoms with Gasteiger partial charge in [-0.1, -0.05) is 0 Å². The second-order valence-electron chi connectivity index (χ2n) is 3.98. The molecule has 0 fully saturated rings. The van der Waals surface area contributed by atoms with Crippen molar-refractivity contribution in [3.63, 3.8) is 0 Å². The summed E-state index contributed by atoms with van der Waals surface area (Å²) in [6.45, 7) is 0. The number of ether oxygens (including phenoxy) is 1. The lowest BCUT2D eigenvalue weighted by Gasteiger charge is -2.04. The number of aromatic nitrogens is 5. The van der Waals surface area contributed by atoms with Crippen molar-refractivity contribution in [3.05, 3.63) is 36.7 Å². The molecule has 3 aromatic rings. The summed E-state index contributed by atoms with van der Waals surface area (Å²) >= 11 is 0. The molecule has 2 heterocycles. The van der Waals surface area contributed by atoms with Gasteiger partial charge in [-0.25, -0.2) is 24.4 Å². The summed E-state index contributed by atoms with van der Waals surface area (Å²) in [5.74, 6) is -0.126. The number of benzene rings is 1. The fourth-order valence-electron chi connectivity index (χ4n) is 1.79. The summed E-state index contributed by atoms with van der Waals surface area (Å²) < 4.78 is 5.96. The molecule has 0 bridgehead atoms. The van der Waals surface area contributed by atoms with Crippen molar-refractivity contribution in [2.24, 2.45) is 0 Å². The van der Waals surface area contributed by atoms with Gasteiger partial charge in [-0.3, -0.25) is 0 Å². The van der Waals surface area contributed by atoms with E-state index in [2.05, 4.69) is 24.8 Å². The van der Waals surface area contributed by atoms with E-state index in [1.165, 1.54) is 24.4 Å². The fraction of sp³-hybridized carbons (Fsp3) is 0.0833. The third-order valence-electron chi connectivity index (χ3n) is 2.72. The van der Waals surface area contributed by atoms with Crippen molar-refractivity contribution in [2.75, 3.05) is 12.8 Å². The van der Waals surface area contributed by atoms with Gasteiger partial charge in [0.05, 0.1) is 12.6 Å². The van der Waals surface area contributed by atoms with Crippen LogP contribution in [0.3, 0.4) is 0 Å². The zero-order valence-electron chi connectivity index (χ0n) is 10.5. The van der Waals surface area contributed by atoms with Crippen molar-refractivity contribution in [1.82, 2.24) is 24.7 Å². The first-order valence-corrected chi connectivity index (χ1v) is 5.69. The third kappa shape index (κ3) is 1.92. The summed E-state index contributed by atoms with van der Waals surface area (Å²) in [4.78, 5) is 23.5. The number of nitrogen functional groups attached to an aromatic ring is 1. The predicted octanol–water partition coefficient (Wildman–Crippen LogP) is 0.579. The van der Waals surface area contributed by atoms with E-state index < -0.39 is 5.97 Å². The highest BCUT2D eigenvalue weighted by Gasteiger charge is 2.14. The van der Waals surface area contributed by atoms with Gasteiger partial charge in [-0.05, 0) is 18.2 Å². The van der Waals surface area contributed by atoms with E-state index in [-0.39, 0.29) is 5.82 Å². The Kier molecular flexibility index (Phi) is 2.75. The van der Waals surface area contributed by atoms with Crippen LogP contribution in [-0.4, -0.2) is 37.8 Å². The lowest BCUT2D eigenvalue weighted by Crippen LogP contribution is -2.06. The summed E-state index contributed by atoms with van der Waals surface area (Å²) in [6.07, 6.45) is 2.79. The summed E-state index contributed by atoms with van der Waals surface area (Å²) in [5, 5.41) is 4.79. The molecule has 0 saturated heterocycles. The largest absolute Gasteiger partial charge is 0.463 e. The minimum Gasteiger partial charge on any atom is -0.463 e. The number of hydrogen-bond acceptors (Lipinski definition) is 7. The molecular formula is C12H10N6O2. The average molecular weight is 270 g/mol. The number of methoxy groups -OCH3 is 1. The first kappa shape index (κ1) is 12.0. The first-order chi connectivity index (χ1) is 9.69. The normalized spacial score (nSPS) is 10.7. The Bertz CT molecular complexity index is 797. The average Bonchev–Trinajstić information content (AvgIpc) is 2.95. The van der Waals surface area contributed by atoms with Gasteiger partial charge < -0.3 is 10.5 Å². The molecule has 0 spiro atoms. The summed E-state index contributed by atoms with van der Waals surface area (Å²) in [6, 6.07) is 5.27. The number of rotatable bonds is 2. The molecule has 0 atom stereocenters. The van der Waals surface area contributed by atoms with Gasteiger partial charge in [0.15, 0.2) is 5.82 Å². The van der Waals surface area contributed by atoms with Crippen LogP contribution in [0.1, 0.15) is 10.6 Å². The van der Waals surface area contributed by atoms with Gasteiger partial charge in [-0.2, -0.15) is 0 Å². The second-order valence-corrected chi connectivity index (χ2v) is 3.98. The van der Waals surface area contributed by atoms with Crippen molar-refractivity contribution >= 4 is 22.6 Å². The first-order valence-electron chi connectivity index (χ1n) is 5.69. The molecule has 0 aliphatic carbocycles. The van der Waals surface area contributed by atoms with Crippen molar-refractivity contribution in [3.8, 4) is 5.82 Å². The molecule has 0 saturated carbocycles. The van der Waals surface area contributed by atoms with Crippen LogP contribution in [0.4, 0.5) is 5.69 Å². The topological polar surface area (TPSA) is 109 Å². The number of hydrogen-bond donors (Lipinski definition) is 1. The lowest BCUT2D eigenvalue weighted by molar-refractivity contribution is 0.0587. The van der Waals surface area contributed by atoms with E-state index in [0.29, 0.717) is 17.0 Å². The zero-order chi connectivity index (χ0) is 14.1. The lowest BCUT2D eigenvalue weighted by atomic mass is 10.2. The molecule has 8 heteroatoms. The van der Waals surface area contributed by atoms with Gasteiger partial charge in [0.2, 0.25) is 0 Å². The van der Waals surface area contributed by atoms with Gasteiger partial charge in [0.1, 0.15) is 12.7 Å². The van der Waals surface area contributed by atoms with Crippen LogP contribution in [-0.2, 0) is 4.74 Å². The molecule has 100 valence electrons. The minimum atomic E-state index is -0.605. The van der Waals surface area contributed by atoms with E-state index >= 15 is 0 Å². The van der Waals surface area contributed by atoms with E-state index in [4.69, 9.17) is 5.73 Å². The number of carbonyl (C=O) groups is 1. The molecule has 0 unspecified atom stereocenters. The Labute approximate surface area is 113 Å². The monoisotopic (exact) mass is 270 g/mol. The molecule has 2 aromatic heterocycles. The number of fused-ring (bicyclic) bond motifs is 1. The number of anilines is 1. The van der Waals surface area contributed by atoms with Gasteiger partial charge in [0, 0.05) is 11.1 Å². The highest BCUT2D eigenvalue weighted by Crippen LogP contribution is 2.19. The SMILES string of the molecule is COC(=O)c1ncn(-c2ncnc3cc(N)ccc23)n1. The van der Waals surface area contributed by atoms with E-state index in [1.807, 2.05) is 0 Å². The summed E-state index contributed by atoms with van der Waals surface area (Å²) in [7, 11) is 1.27. The molecule has 0 amide bonds. The van der Waals surface area contributed by atoms with Crippen molar-refractivity contribution in [2.45, 2.75) is 0 Å². The molecule has 0 aliphatic rings. The summed E-state index contributed by atoms with van der Waals surface area (Å²) in [5.41, 5.74) is 7.01. The maximum absolute atomic E-state index is 11.4. The van der Waals surface area contributed by atoms with Crippen LogP contribution in [0.25, 0.3) is 16.7 Å². The number of nitrogens with two attached hydrogens (primary N) is 1. The Morgan fingerprint density at radius 2 is 2.15 bits per heavy atom. The number of carbonyl (C=O) groups excluding carboxylic acids is 1. The predicted molar refractivity (Wildman–Crippen MR) is 70.2 cm³/mol. The molecule has 0 radical (unpaired) electrons. The van der Waals surface area contributed by atoms with Crippen LogP contribution in [0.5, 0.6) is 0 Å². The molecular weight excluding hydrogens is 260 g/mol. The van der Waals surface area contributed by atoms with Crippen molar-refractivity contribution < 1.29 is 9.53 Å². The van der Waals surface area contributed by atoms with Crippen LogP contribution in [0, 0.1) is 0 Å². The number of nitrogens with zero attached hydrogens (tertiary/aromatic N) is 5. The van der Waals surface area contributed by atoms with Gasteiger partial charge >= 0.3 is 5.97 Å². The standard InChI is InChI=1S/C12H10N6O2/c1-20-12(19)10-16-6-18(17-10)11-8-3-2-7(13)4-9(8)14-5-15-11/h2-6H,13H2,1H3. The fourth-order valence-corrected chi connectivity index (χ4v) is 1.79. The van der Waals surface area contributed by atoms with Gasteiger partial charge in [0.25, 0.3) is 5.82 Å². The molecule has 0 aliphatic heterocycles. The Morgan fingerprint density at radius 3 is 2.95 bits per heavy atom. The van der Waals surface area contributed by atoms with Crippen LogP contribution in [0.2, 0.25) is 0 Å². The van der Waals surface area contributed by atoms with Crippen LogP contribution < -0.4 is 5.73 Å². The second kappa shape index (κ2) is 4.57. The molecule has 8 nitrogen and oxygen atoms in total. The van der Waals surface area contributed by atoms with Crippen molar-refractivity contribution in [1.29, 1.82) is 0 Å². The Morgan fingerprint density at radius 1 is 1.30 bits per heavy atom. The van der Waals surface area contributed by atoms with E-state index in [0.717, 1.165) is 5.39 Å². The molecule has 2 N–H and O–H groups in total.